The van der Waals surface area contributed by atoms with Crippen LogP contribution in [0.15, 0.2) is 60.7 Å². The second-order valence-corrected chi connectivity index (χ2v) is 6.20. The molecule has 5 nitrogen and oxygen atoms in total. The van der Waals surface area contributed by atoms with Gasteiger partial charge in [-0.3, -0.25) is 9.59 Å². The molecule has 0 aliphatic carbocycles. The van der Waals surface area contributed by atoms with Gasteiger partial charge in [-0.1, -0.05) is 60.7 Å². The summed E-state index contributed by atoms with van der Waals surface area (Å²) in [5.74, 6) is -1.80. The zero-order valence-electron chi connectivity index (χ0n) is 14.0. The van der Waals surface area contributed by atoms with Crippen LogP contribution in [-0.2, 0) is 9.59 Å². The molecule has 0 fully saturated rings. The second-order valence-electron chi connectivity index (χ2n) is 6.20. The summed E-state index contributed by atoms with van der Waals surface area (Å²) in [5.41, 5.74) is 12.7. The highest BCUT2D eigenvalue weighted by molar-refractivity contribution is 5.78. The van der Waals surface area contributed by atoms with Crippen molar-refractivity contribution in [2.24, 2.45) is 17.4 Å². The lowest BCUT2D eigenvalue weighted by Crippen LogP contribution is -2.33. The van der Waals surface area contributed by atoms with Crippen molar-refractivity contribution in [2.45, 2.75) is 31.3 Å². The third-order valence-electron chi connectivity index (χ3n) is 4.34. The van der Waals surface area contributed by atoms with Gasteiger partial charge in [-0.2, -0.15) is 0 Å². The van der Waals surface area contributed by atoms with E-state index in [1.165, 1.54) is 0 Å². The minimum Gasteiger partial charge on any atom is -0.393 e. The van der Waals surface area contributed by atoms with Gasteiger partial charge in [0.2, 0.25) is 11.8 Å². The fourth-order valence-corrected chi connectivity index (χ4v) is 3.11. The van der Waals surface area contributed by atoms with Crippen molar-refractivity contribution in [3.8, 4) is 0 Å². The molecule has 2 aromatic rings. The summed E-state index contributed by atoms with van der Waals surface area (Å²) in [6.07, 6.45) is -0.347. The maximum atomic E-state index is 12.2. The minimum absolute atomic E-state index is 0.0774. The second kappa shape index (κ2) is 8.99. The molecule has 0 aliphatic heterocycles. The van der Waals surface area contributed by atoms with Crippen LogP contribution in [0.3, 0.4) is 0 Å². The lowest BCUT2D eigenvalue weighted by Gasteiger charge is -2.27. The predicted molar refractivity (Wildman–Crippen MR) is 96.5 cm³/mol. The molecule has 132 valence electrons. The Morgan fingerprint density at radius 1 is 0.880 bits per heavy atom. The molecule has 2 amide bonds. The quantitative estimate of drug-likeness (QED) is 0.649. The van der Waals surface area contributed by atoms with Gasteiger partial charge in [0.25, 0.3) is 0 Å². The Morgan fingerprint density at radius 2 is 1.36 bits per heavy atom. The van der Waals surface area contributed by atoms with Crippen LogP contribution < -0.4 is 11.5 Å². The molecule has 0 saturated carbocycles. The fraction of sp³-hybridized carbons (Fsp3) is 0.300. The number of aliphatic hydroxyl groups is 1. The molecule has 5 N–H and O–H groups in total. The third-order valence-corrected chi connectivity index (χ3v) is 4.34. The Bertz CT molecular complexity index is 649. The van der Waals surface area contributed by atoms with Crippen LogP contribution in [0.1, 0.15) is 36.3 Å². The number of primary amides is 2. The van der Waals surface area contributed by atoms with E-state index < -0.39 is 23.8 Å². The van der Waals surface area contributed by atoms with E-state index in [9.17, 15) is 14.7 Å². The Morgan fingerprint density at radius 3 is 1.76 bits per heavy atom. The summed E-state index contributed by atoms with van der Waals surface area (Å²) >= 11 is 0. The summed E-state index contributed by atoms with van der Waals surface area (Å²) in [6, 6.07) is 19.2. The monoisotopic (exact) mass is 340 g/mol. The van der Waals surface area contributed by atoms with Crippen LogP contribution in [0.25, 0.3) is 0 Å². The Labute approximate surface area is 147 Å². The summed E-state index contributed by atoms with van der Waals surface area (Å²) in [6.45, 7) is 0. The van der Waals surface area contributed by atoms with Crippen molar-refractivity contribution in [3.05, 3.63) is 71.8 Å². The van der Waals surface area contributed by atoms with Gasteiger partial charge in [0, 0.05) is 12.3 Å². The van der Waals surface area contributed by atoms with Crippen molar-refractivity contribution in [1.29, 1.82) is 0 Å². The molecule has 2 atom stereocenters. The van der Waals surface area contributed by atoms with E-state index >= 15 is 0 Å². The molecule has 0 aliphatic rings. The highest BCUT2D eigenvalue weighted by atomic mass is 16.3. The molecule has 0 aromatic heterocycles. The number of hydrogen-bond acceptors (Lipinski definition) is 3. The molecule has 0 spiro atoms. The largest absolute Gasteiger partial charge is 0.393 e. The van der Waals surface area contributed by atoms with Gasteiger partial charge in [-0.05, 0) is 24.0 Å². The molecule has 0 heterocycles. The van der Waals surface area contributed by atoms with Gasteiger partial charge >= 0.3 is 0 Å². The number of carbonyl (C=O) groups is 2. The maximum Gasteiger partial charge on any atom is 0.221 e. The first-order valence-electron chi connectivity index (χ1n) is 8.34. The zero-order valence-corrected chi connectivity index (χ0v) is 14.0. The van der Waals surface area contributed by atoms with E-state index in [1.54, 1.807) is 0 Å². The number of nitrogens with two attached hydrogens (primary N) is 2. The smallest absolute Gasteiger partial charge is 0.221 e. The molecule has 0 saturated heterocycles. The number of amides is 2. The Balaban J connectivity index is 2.31. The van der Waals surface area contributed by atoms with Crippen LogP contribution in [-0.4, -0.2) is 23.0 Å². The molecular weight excluding hydrogens is 316 g/mol. The van der Waals surface area contributed by atoms with Gasteiger partial charge in [0.1, 0.15) is 0 Å². The average molecular weight is 340 g/mol. The first kappa shape index (κ1) is 18.7. The number of aliphatic hydroxyl groups excluding tert-OH is 1. The summed E-state index contributed by atoms with van der Waals surface area (Å²) in [4.78, 5) is 23.1. The van der Waals surface area contributed by atoms with Crippen LogP contribution >= 0.6 is 0 Å². The van der Waals surface area contributed by atoms with E-state index in [-0.39, 0.29) is 25.2 Å². The highest BCUT2D eigenvalue weighted by Crippen LogP contribution is 2.35. The predicted octanol–water partition coefficient (Wildman–Crippen LogP) is 1.94. The van der Waals surface area contributed by atoms with Crippen molar-refractivity contribution in [3.63, 3.8) is 0 Å². The van der Waals surface area contributed by atoms with Gasteiger partial charge in [-0.25, -0.2) is 0 Å². The van der Waals surface area contributed by atoms with Gasteiger partial charge in [-0.15, -0.1) is 0 Å². The van der Waals surface area contributed by atoms with E-state index in [0.717, 1.165) is 11.1 Å². The van der Waals surface area contributed by atoms with Crippen molar-refractivity contribution < 1.29 is 14.7 Å². The lowest BCUT2D eigenvalue weighted by atomic mass is 9.77. The molecule has 0 radical (unpaired) electrons. The van der Waals surface area contributed by atoms with Crippen molar-refractivity contribution in [1.82, 2.24) is 0 Å². The first-order valence-corrected chi connectivity index (χ1v) is 8.34. The Kier molecular flexibility index (Phi) is 6.71. The van der Waals surface area contributed by atoms with Crippen LogP contribution in [0.4, 0.5) is 0 Å². The van der Waals surface area contributed by atoms with Crippen LogP contribution in [0.5, 0.6) is 0 Å². The molecule has 2 aromatic carbocycles. The standard InChI is InChI=1S/C20H24N2O3/c21-18(24)12-11-16(23)13-17(20(22)25)19(14-7-3-1-4-8-14)15-9-5-2-6-10-15/h1-10,16-17,19,23H,11-13H2,(H2,21,24)(H2,22,25)/t16-,17-/m1/s1. The zero-order chi connectivity index (χ0) is 18.2. The van der Waals surface area contributed by atoms with Gasteiger partial charge < -0.3 is 16.6 Å². The Hall–Kier alpha value is -2.66. The number of benzene rings is 2. The average Bonchev–Trinajstić information content (AvgIpc) is 2.61. The lowest BCUT2D eigenvalue weighted by molar-refractivity contribution is -0.123. The molecule has 0 bridgehead atoms. The fourth-order valence-electron chi connectivity index (χ4n) is 3.11. The van der Waals surface area contributed by atoms with Crippen molar-refractivity contribution in [2.75, 3.05) is 0 Å². The van der Waals surface area contributed by atoms with E-state index in [2.05, 4.69) is 0 Å². The summed E-state index contributed by atoms with van der Waals surface area (Å²) in [7, 11) is 0. The number of rotatable bonds is 9. The van der Waals surface area contributed by atoms with Crippen LogP contribution in [0.2, 0.25) is 0 Å². The topological polar surface area (TPSA) is 106 Å². The van der Waals surface area contributed by atoms with E-state index in [0.29, 0.717) is 0 Å². The summed E-state index contributed by atoms with van der Waals surface area (Å²) < 4.78 is 0. The van der Waals surface area contributed by atoms with Gasteiger partial charge in [0.15, 0.2) is 0 Å². The third kappa shape index (κ3) is 5.43. The highest BCUT2D eigenvalue weighted by Gasteiger charge is 2.31. The minimum atomic E-state index is -0.820. The number of carbonyl (C=O) groups excluding carboxylic acids is 2. The van der Waals surface area contributed by atoms with E-state index in [1.807, 2.05) is 60.7 Å². The van der Waals surface area contributed by atoms with Crippen LogP contribution in [0, 0.1) is 5.92 Å². The SMILES string of the molecule is NC(=O)CC[C@@H](O)C[C@@H](C(N)=O)C(c1ccccc1)c1ccccc1. The number of hydrogen-bond donors (Lipinski definition) is 3. The van der Waals surface area contributed by atoms with Crippen molar-refractivity contribution >= 4 is 11.8 Å². The van der Waals surface area contributed by atoms with Gasteiger partial charge in [0.05, 0.1) is 12.0 Å². The van der Waals surface area contributed by atoms with E-state index in [4.69, 9.17) is 11.5 Å². The molecular formula is C20H24N2O3. The molecule has 2 rings (SSSR count). The maximum absolute atomic E-state index is 12.2. The first-order chi connectivity index (χ1) is 12.0. The molecule has 25 heavy (non-hydrogen) atoms. The molecule has 0 unspecified atom stereocenters. The molecule has 5 heteroatoms. The normalized spacial score (nSPS) is 13.4. The summed E-state index contributed by atoms with van der Waals surface area (Å²) in [5, 5.41) is 10.2.